The van der Waals surface area contributed by atoms with Gasteiger partial charge in [-0.1, -0.05) is 23.7 Å². The Bertz CT molecular complexity index is 486. The molecule has 0 N–H and O–H groups in total. The molecule has 0 aliphatic heterocycles. The molecule has 0 aliphatic rings. The molecule has 7 heteroatoms. The number of sulfonamides is 1. The zero-order valence-corrected chi connectivity index (χ0v) is 9.97. The minimum Gasteiger partial charge on any atom is -0.254 e. The van der Waals surface area contributed by atoms with Crippen LogP contribution in [0.3, 0.4) is 0 Å². The third kappa shape index (κ3) is 2.42. The molecule has 4 nitrogen and oxygen atoms in total. The van der Waals surface area contributed by atoms with Crippen molar-refractivity contribution in [1.29, 1.82) is 0 Å². The third-order valence-corrected chi connectivity index (χ3v) is 4.32. The van der Waals surface area contributed by atoms with E-state index in [4.69, 9.17) is 23.2 Å². The number of carbonyl (C=O) groups excluding carboxylic acids is 1. The second-order valence-corrected chi connectivity index (χ2v) is 5.32. The molecule has 0 bridgehead atoms. The maximum absolute atomic E-state index is 11.7. The van der Waals surface area contributed by atoms with Crippen molar-refractivity contribution in [2.75, 3.05) is 7.05 Å². The number of halogens is 2. The molecule has 1 aromatic carbocycles. The fraction of sp³-hybridized carbons (Fsp3) is 0.125. The summed E-state index contributed by atoms with van der Waals surface area (Å²) in [5.74, 6) is 0. The average Bonchev–Trinajstić information content (AvgIpc) is 2.16. The maximum atomic E-state index is 11.7. The van der Waals surface area contributed by atoms with Gasteiger partial charge in [-0.05, 0) is 23.7 Å². The quantitative estimate of drug-likeness (QED) is 0.611. The highest BCUT2D eigenvalue weighted by molar-refractivity contribution is 7.90. The number of carbonyl (C=O) groups is 1. The summed E-state index contributed by atoms with van der Waals surface area (Å²) >= 11 is 10.8. The second-order valence-electron chi connectivity index (χ2n) is 2.66. The van der Waals surface area contributed by atoms with Gasteiger partial charge in [0.05, 0.1) is 5.02 Å². The molecule has 0 saturated carbocycles. The van der Waals surface area contributed by atoms with Crippen LogP contribution in [0.25, 0.3) is 0 Å². The van der Waals surface area contributed by atoms with Gasteiger partial charge >= 0.3 is 5.37 Å². The van der Waals surface area contributed by atoms with Crippen LogP contribution in [0.5, 0.6) is 0 Å². The van der Waals surface area contributed by atoms with Crippen LogP contribution in [0.4, 0.5) is 4.79 Å². The highest BCUT2D eigenvalue weighted by atomic mass is 35.5. The van der Waals surface area contributed by atoms with Crippen LogP contribution in [-0.4, -0.2) is 25.1 Å². The summed E-state index contributed by atoms with van der Waals surface area (Å²) in [4.78, 5) is 10.6. The van der Waals surface area contributed by atoms with Gasteiger partial charge in [-0.25, -0.2) is 12.7 Å². The molecule has 0 heterocycles. The van der Waals surface area contributed by atoms with Gasteiger partial charge in [-0.3, -0.25) is 4.79 Å². The lowest BCUT2D eigenvalue weighted by atomic mass is 10.4. The van der Waals surface area contributed by atoms with E-state index in [1.54, 1.807) is 6.07 Å². The van der Waals surface area contributed by atoms with Crippen LogP contribution < -0.4 is 0 Å². The molecule has 0 spiro atoms. The average molecular weight is 268 g/mol. The van der Waals surface area contributed by atoms with E-state index in [-0.39, 0.29) is 9.92 Å². The normalized spacial score (nSPS) is 11.1. The molecule has 0 fully saturated rings. The van der Waals surface area contributed by atoms with Gasteiger partial charge in [0, 0.05) is 7.05 Å². The largest absolute Gasteiger partial charge is 0.329 e. The van der Waals surface area contributed by atoms with Crippen molar-refractivity contribution in [3.8, 4) is 0 Å². The summed E-state index contributed by atoms with van der Waals surface area (Å²) in [6.07, 6.45) is 0. The zero-order chi connectivity index (χ0) is 11.6. The Balaban J connectivity index is 3.30. The van der Waals surface area contributed by atoms with Crippen molar-refractivity contribution in [1.82, 2.24) is 4.31 Å². The van der Waals surface area contributed by atoms with Gasteiger partial charge in [-0.15, -0.1) is 0 Å². The van der Waals surface area contributed by atoms with Gasteiger partial charge < -0.3 is 0 Å². The Morgan fingerprint density at radius 1 is 1.33 bits per heavy atom. The third-order valence-electron chi connectivity index (χ3n) is 1.72. The summed E-state index contributed by atoms with van der Waals surface area (Å²) in [7, 11) is -2.89. The van der Waals surface area contributed by atoms with E-state index in [0.29, 0.717) is 4.31 Å². The van der Waals surface area contributed by atoms with Crippen LogP contribution in [0, 0.1) is 0 Å². The monoisotopic (exact) mass is 267 g/mol. The molecule has 0 unspecified atom stereocenters. The molecule has 0 atom stereocenters. The highest BCUT2D eigenvalue weighted by Crippen LogP contribution is 2.23. The fourth-order valence-corrected chi connectivity index (χ4v) is 2.65. The van der Waals surface area contributed by atoms with Gasteiger partial charge in [0.15, 0.2) is 0 Å². The Morgan fingerprint density at radius 2 is 1.87 bits per heavy atom. The summed E-state index contributed by atoms with van der Waals surface area (Å²) in [5, 5.41) is -1.04. The summed E-state index contributed by atoms with van der Waals surface area (Å²) < 4.78 is 23.9. The number of amides is 1. The Hall–Kier alpha value is -0.780. The minimum atomic E-state index is -3.95. The molecule has 15 heavy (non-hydrogen) atoms. The first-order valence-corrected chi connectivity index (χ1v) is 6.00. The predicted molar refractivity (Wildman–Crippen MR) is 57.6 cm³/mol. The lowest BCUT2D eigenvalue weighted by Crippen LogP contribution is -2.29. The van der Waals surface area contributed by atoms with Crippen molar-refractivity contribution < 1.29 is 13.2 Å². The standard InChI is InChI=1S/C8H7Cl2NO3S/c1-11(8(10)12)15(13,14)7-5-3-2-4-6(7)9/h2-5H,1H3. The predicted octanol–water partition coefficient (Wildman–Crippen LogP) is 2.32. The smallest absolute Gasteiger partial charge is 0.254 e. The lowest BCUT2D eigenvalue weighted by molar-refractivity contribution is 0.249. The van der Waals surface area contributed by atoms with Crippen molar-refractivity contribution in [3.63, 3.8) is 0 Å². The van der Waals surface area contributed by atoms with Gasteiger partial charge in [-0.2, -0.15) is 0 Å². The Kier molecular flexibility index (Phi) is 3.59. The molecule has 1 rings (SSSR count). The minimum absolute atomic E-state index is 0.0438. The number of benzene rings is 1. The Labute approximate surface area is 97.4 Å². The van der Waals surface area contributed by atoms with Crippen LogP contribution in [-0.2, 0) is 10.0 Å². The maximum Gasteiger partial charge on any atom is 0.329 e. The van der Waals surface area contributed by atoms with Crippen LogP contribution >= 0.6 is 23.2 Å². The summed E-state index contributed by atoms with van der Waals surface area (Å²) in [5.41, 5.74) is 0. The van der Waals surface area contributed by atoms with E-state index < -0.39 is 15.4 Å². The molecule has 0 saturated heterocycles. The highest BCUT2D eigenvalue weighted by Gasteiger charge is 2.26. The summed E-state index contributed by atoms with van der Waals surface area (Å²) in [6.45, 7) is 0. The molecular weight excluding hydrogens is 261 g/mol. The molecule has 0 radical (unpaired) electrons. The second kappa shape index (κ2) is 4.38. The Morgan fingerprint density at radius 3 is 2.33 bits per heavy atom. The van der Waals surface area contributed by atoms with Crippen LogP contribution in [0.15, 0.2) is 29.2 Å². The summed E-state index contributed by atoms with van der Waals surface area (Å²) in [6, 6.07) is 5.81. The van der Waals surface area contributed by atoms with Gasteiger partial charge in [0.1, 0.15) is 4.90 Å². The van der Waals surface area contributed by atoms with Crippen LogP contribution in [0.1, 0.15) is 0 Å². The molecule has 1 amide bonds. The molecule has 1 aromatic rings. The van der Waals surface area contributed by atoms with E-state index in [1.165, 1.54) is 18.2 Å². The van der Waals surface area contributed by atoms with Gasteiger partial charge in [0.25, 0.3) is 10.0 Å². The van der Waals surface area contributed by atoms with E-state index in [2.05, 4.69) is 0 Å². The van der Waals surface area contributed by atoms with Crippen molar-refractivity contribution in [2.24, 2.45) is 0 Å². The molecule has 0 aliphatic carbocycles. The van der Waals surface area contributed by atoms with Crippen molar-refractivity contribution in [3.05, 3.63) is 29.3 Å². The number of rotatable bonds is 2. The van der Waals surface area contributed by atoms with Crippen molar-refractivity contribution >= 4 is 38.6 Å². The number of nitrogens with zero attached hydrogens (tertiary/aromatic N) is 1. The molecular formula is C8H7Cl2NO3S. The van der Waals surface area contributed by atoms with Crippen molar-refractivity contribution in [2.45, 2.75) is 4.90 Å². The van der Waals surface area contributed by atoms with E-state index in [1.807, 2.05) is 0 Å². The van der Waals surface area contributed by atoms with Crippen LogP contribution in [0.2, 0.25) is 5.02 Å². The number of hydrogen-bond acceptors (Lipinski definition) is 3. The fourth-order valence-electron chi connectivity index (χ4n) is 0.896. The van der Waals surface area contributed by atoms with E-state index >= 15 is 0 Å². The zero-order valence-electron chi connectivity index (χ0n) is 7.65. The first-order chi connectivity index (χ1) is 6.87. The van der Waals surface area contributed by atoms with E-state index in [0.717, 1.165) is 7.05 Å². The number of hydrogen-bond donors (Lipinski definition) is 0. The first kappa shape index (κ1) is 12.3. The first-order valence-electron chi connectivity index (χ1n) is 3.80. The van der Waals surface area contributed by atoms with E-state index in [9.17, 15) is 13.2 Å². The SMILES string of the molecule is CN(C(=O)Cl)S(=O)(=O)c1ccccc1Cl. The van der Waals surface area contributed by atoms with Gasteiger partial charge in [0.2, 0.25) is 0 Å². The molecule has 0 aromatic heterocycles. The topological polar surface area (TPSA) is 54.5 Å². The molecule has 82 valence electrons. The lowest BCUT2D eigenvalue weighted by Gasteiger charge is -2.14.